The Balaban J connectivity index is 2.35. The van der Waals surface area contributed by atoms with Crippen LogP contribution < -0.4 is 5.73 Å². The van der Waals surface area contributed by atoms with E-state index < -0.39 is 10.0 Å². The lowest BCUT2D eigenvalue weighted by molar-refractivity contribution is 0.196. The van der Waals surface area contributed by atoms with Crippen LogP contribution in [-0.4, -0.2) is 35.8 Å². The standard InChI is InChI=1S/C13H19N3O2S2/c1-13(2)5-8-16(9-6-13)20(17,18)10-4-3-7-15-11(10)12(14)19/h3-4,7H,5-6,8-9H2,1-2H3,(H2,14,19). The number of hydrogen-bond donors (Lipinski definition) is 1. The van der Waals surface area contributed by atoms with Gasteiger partial charge in [0.15, 0.2) is 0 Å². The Kier molecular flexibility index (Phi) is 4.13. The van der Waals surface area contributed by atoms with E-state index in [1.165, 1.54) is 16.6 Å². The number of pyridine rings is 1. The highest BCUT2D eigenvalue weighted by Crippen LogP contribution is 2.32. The van der Waals surface area contributed by atoms with Crippen molar-refractivity contribution in [3.8, 4) is 0 Å². The van der Waals surface area contributed by atoms with Crippen molar-refractivity contribution in [1.29, 1.82) is 0 Å². The molecule has 0 unspecified atom stereocenters. The second-order valence-electron chi connectivity index (χ2n) is 5.78. The topological polar surface area (TPSA) is 76.3 Å². The quantitative estimate of drug-likeness (QED) is 0.856. The average Bonchev–Trinajstić information content (AvgIpc) is 2.38. The molecule has 1 aromatic rings. The molecular formula is C13H19N3O2S2. The normalized spacial score (nSPS) is 19.7. The van der Waals surface area contributed by atoms with Crippen LogP contribution >= 0.6 is 12.2 Å². The van der Waals surface area contributed by atoms with Gasteiger partial charge in [0.25, 0.3) is 0 Å². The van der Waals surface area contributed by atoms with E-state index in [4.69, 9.17) is 18.0 Å². The summed E-state index contributed by atoms with van der Waals surface area (Å²) in [6.45, 7) is 5.34. The highest BCUT2D eigenvalue weighted by atomic mass is 32.2. The SMILES string of the molecule is CC1(C)CCN(S(=O)(=O)c2cccnc2C(N)=S)CC1. The maximum atomic E-state index is 12.7. The van der Waals surface area contributed by atoms with Gasteiger partial charge in [-0.25, -0.2) is 8.42 Å². The highest BCUT2D eigenvalue weighted by Gasteiger charge is 2.34. The van der Waals surface area contributed by atoms with Crippen molar-refractivity contribution in [3.63, 3.8) is 0 Å². The van der Waals surface area contributed by atoms with Crippen molar-refractivity contribution in [2.24, 2.45) is 11.1 Å². The zero-order valence-electron chi connectivity index (χ0n) is 11.7. The van der Waals surface area contributed by atoms with Crippen molar-refractivity contribution in [3.05, 3.63) is 24.0 Å². The lowest BCUT2D eigenvalue weighted by Crippen LogP contribution is -2.41. The fourth-order valence-corrected chi connectivity index (χ4v) is 4.08. The number of sulfonamides is 1. The van der Waals surface area contributed by atoms with Crippen LogP contribution in [0, 0.1) is 5.41 Å². The molecule has 7 heteroatoms. The number of nitrogens with zero attached hydrogens (tertiary/aromatic N) is 2. The molecule has 1 aromatic heterocycles. The van der Waals surface area contributed by atoms with Gasteiger partial charge in [-0.05, 0) is 30.4 Å². The minimum atomic E-state index is -3.58. The number of aromatic nitrogens is 1. The smallest absolute Gasteiger partial charge is 0.245 e. The maximum Gasteiger partial charge on any atom is 0.245 e. The maximum absolute atomic E-state index is 12.7. The van der Waals surface area contributed by atoms with E-state index >= 15 is 0 Å². The first kappa shape index (κ1) is 15.3. The van der Waals surface area contributed by atoms with Gasteiger partial charge in [-0.1, -0.05) is 26.1 Å². The third-order valence-corrected chi connectivity index (χ3v) is 5.82. The Morgan fingerprint density at radius 3 is 2.55 bits per heavy atom. The van der Waals surface area contributed by atoms with Crippen LogP contribution in [0.25, 0.3) is 0 Å². The highest BCUT2D eigenvalue weighted by molar-refractivity contribution is 7.89. The molecule has 1 fully saturated rings. The molecule has 1 saturated heterocycles. The third-order valence-electron chi connectivity index (χ3n) is 3.70. The van der Waals surface area contributed by atoms with E-state index in [9.17, 15) is 8.42 Å². The van der Waals surface area contributed by atoms with Crippen LogP contribution in [0.15, 0.2) is 23.2 Å². The molecule has 2 rings (SSSR count). The Bertz CT molecular complexity index is 616. The van der Waals surface area contributed by atoms with Crippen LogP contribution in [0.1, 0.15) is 32.4 Å². The van der Waals surface area contributed by atoms with Crippen LogP contribution in [0.4, 0.5) is 0 Å². The van der Waals surface area contributed by atoms with Gasteiger partial charge in [-0.15, -0.1) is 0 Å². The van der Waals surface area contributed by atoms with Gasteiger partial charge < -0.3 is 5.73 Å². The molecule has 0 aromatic carbocycles. The van der Waals surface area contributed by atoms with Crippen LogP contribution in [0.2, 0.25) is 0 Å². The number of piperidine rings is 1. The van der Waals surface area contributed by atoms with Crippen molar-refractivity contribution in [2.75, 3.05) is 13.1 Å². The van der Waals surface area contributed by atoms with Gasteiger partial charge in [0, 0.05) is 19.3 Å². The molecule has 1 aliphatic rings. The molecule has 110 valence electrons. The number of nitrogens with two attached hydrogens (primary N) is 1. The van der Waals surface area contributed by atoms with Crippen LogP contribution in [0.5, 0.6) is 0 Å². The lowest BCUT2D eigenvalue weighted by Gasteiger charge is -2.36. The van der Waals surface area contributed by atoms with Gasteiger partial charge in [0.2, 0.25) is 10.0 Å². The molecule has 0 radical (unpaired) electrons. The predicted molar refractivity (Wildman–Crippen MR) is 81.9 cm³/mol. The lowest BCUT2D eigenvalue weighted by atomic mass is 9.83. The molecule has 1 aliphatic heterocycles. The van der Waals surface area contributed by atoms with Gasteiger partial charge in [0.05, 0.1) is 0 Å². The summed E-state index contributed by atoms with van der Waals surface area (Å²) >= 11 is 4.89. The minimum absolute atomic E-state index is 0.00140. The minimum Gasteiger partial charge on any atom is -0.388 e. The first-order valence-corrected chi connectivity index (χ1v) is 8.34. The van der Waals surface area contributed by atoms with E-state index in [1.54, 1.807) is 6.07 Å². The van der Waals surface area contributed by atoms with E-state index in [0.29, 0.717) is 13.1 Å². The molecule has 0 atom stereocenters. The van der Waals surface area contributed by atoms with Crippen molar-refractivity contribution < 1.29 is 8.42 Å². The Morgan fingerprint density at radius 2 is 2.00 bits per heavy atom. The molecular weight excluding hydrogens is 294 g/mol. The van der Waals surface area contributed by atoms with Crippen LogP contribution in [0.3, 0.4) is 0 Å². The summed E-state index contributed by atoms with van der Waals surface area (Å²) in [5.74, 6) is 0. The zero-order chi connectivity index (χ0) is 15.0. The molecule has 0 saturated carbocycles. The number of thiocarbonyl (C=S) groups is 1. The van der Waals surface area contributed by atoms with Crippen molar-refractivity contribution in [1.82, 2.24) is 9.29 Å². The molecule has 0 bridgehead atoms. The van der Waals surface area contributed by atoms with Gasteiger partial charge in [0.1, 0.15) is 15.6 Å². The molecule has 2 N–H and O–H groups in total. The monoisotopic (exact) mass is 313 g/mol. The van der Waals surface area contributed by atoms with Gasteiger partial charge in [-0.3, -0.25) is 4.98 Å². The summed E-state index contributed by atoms with van der Waals surface area (Å²) in [5.41, 5.74) is 5.93. The fourth-order valence-electron chi connectivity index (χ4n) is 2.25. The fraction of sp³-hybridized carbons (Fsp3) is 0.538. The molecule has 0 amide bonds. The van der Waals surface area contributed by atoms with E-state index in [1.807, 2.05) is 0 Å². The van der Waals surface area contributed by atoms with E-state index in [-0.39, 0.29) is 21.0 Å². The third kappa shape index (κ3) is 2.99. The summed E-state index contributed by atoms with van der Waals surface area (Å²) in [5, 5.41) is 0. The Hall–Kier alpha value is -1.05. The average molecular weight is 313 g/mol. The van der Waals surface area contributed by atoms with Crippen molar-refractivity contribution >= 4 is 27.2 Å². The summed E-state index contributed by atoms with van der Waals surface area (Å²) < 4.78 is 26.9. The summed E-state index contributed by atoms with van der Waals surface area (Å²) in [4.78, 5) is 4.10. The molecule has 2 heterocycles. The Labute approximate surface area is 125 Å². The summed E-state index contributed by atoms with van der Waals surface area (Å²) in [7, 11) is -3.58. The van der Waals surface area contributed by atoms with E-state index in [0.717, 1.165) is 12.8 Å². The first-order chi connectivity index (χ1) is 9.24. The molecule has 5 nitrogen and oxygen atoms in total. The molecule has 0 spiro atoms. The van der Waals surface area contributed by atoms with Crippen molar-refractivity contribution in [2.45, 2.75) is 31.6 Å². The molecule has 0 aliphatic carbocycles. The Morgan fingerprint density at radius 1 is 1.40 bits per heavy atom. The molecule has 20 heavy (non-hydrogen) atoms. The second-order valence-corrected chi connectivity index (χ2v) is 8.13. The second kappa shape index (κ2) is 5.38. The van der Waals surface area contributed by atoms with E-state index in [2.05, 4.69) is 18.8 Å². The number of rotatable bonds is 3. The van der Waals surface area contributed by atoms with Gasteiger partial charge >= 0.3 is 0 Å². The summed E-state index contributed by atoms with van der Waals surface area (Å²) in [6, 6.07) is 3.10. The zero-order valence-corrected chi connectivity index (χ0v) is 13.3. The number of hydrogen-bond acceptors (Lipinski definition) is 4. The van der Waals surface area contributed by atoms with Crippen LogP contribution in [-0.2, 0) is 10.0 Å². The van der Waals surface area contributed by atoms with Gasteiger partial charge in [-0.2, -0.15) is 4.31 Å². The first-order valence-electron chi connectivity index (χ1n) is 6.49. The largest absolute Gasteiger partial charge is 0.388 e. The summed E-state index contributed by atoms with van der Waals surface area (Å²) in [6.07, 6.45) is 3.18. The predicted octanol–water partition coefficient (Wildman–Crippen LogP) is 1.53.